The van der Waals surface area contributed by atoms with Crippen molar-refractivity contribution in [3.8, 4) is 5.75 Å². The molecule has 1 fully saturated rings. The second-order valence-electron chi connectivity index (χ2n) is 4.28. The second-order valence-corrected chi connectivity index (χ2v) is 4.28. The van der Waals surface area contributed by atoms with Crippen molar-refractivity contribution in [2.45, 2.75) is 25.3 Å². The number of hydrogen-bond acceptors (Lipinski definition) is 3. The van der Waals surface area contributed by atoms with Crippen LogP contribution in [0.3, 0.4) is 0 Å². The lowest BCUT2D eigenvalue weighted by molar-refractivity contribution is 0.190. The Bertz CT molecular complexity index is 304. The maximum atomic E-state index is 9.15. The molecular formula is C13H19NO2. The number of nitrogens with one attached hydrogen (secondary N) is 1. The third kappa shape index (κ3) is 3.51. The van der Waals surface area contributed by atoms with E-state index in [1.165, 1.54) is 5.56 Å². The van der Waals surface area contributed by atoms with Gasteiger partial charge in [0.25, 0.3) is 0 Å². The van der Waals surface area contributed by atoms with Gasteiger partial charge in [-0.15, -0.1) is 0 Å². The number of aromatic hydroxyl groups is 1. The van der Waals surface area contributed by atoms with Crippen molar-refractivity contribution in [2.24, 2.45) is 0 Å². The van der Waals surface area contributed by atoms with Crippen molar-refractivity contribution in [1.82, 2.24) is 5.32 Å². The average molecular weight is 221 g/mol. The quantitative estimate of drug-likeness (QED) is 0.744. The monoisotopic (exact) mass is 221 g/mol. The second kappa shape index (κ2) is 5.87. The number of benzene rings is 1. The highest BCUT2D eigenvalue weighted by molar-refractivity contribution is 5.25. The minimum Gasteiger partial charge on any atom is -0.508 e. The van der Waals surface area contributed by atoms with Crippen LogP contribution < -0.4 is 5.32 Å². The molecule has 3 heteroatoms. The maximum absolute atomic E-state index is 9.15. The van der Waals surface area contributed by atoms with Crippen LogP contribution in [0.2, 0.25) is 0 Å². The molecule has 3 nitrogen and oxygen atoms in total. The van der Waals surface area contributed by atoms with Gasteiger partial charge in [-0.3, -0.25) is 0 Å². The third-order valence-corrected chi connectivity index (χ3v) is 2.94. The van der Waals surface area contributed by atoms with E-state index in [9.17, 15) is 0 Å². The van der Waals surface area contributed by atoms with Crippen LogP contribution in [-0.2, 0) is 11.2 Å². The summed E-state index contributed by atoms with van der Waals surface area (Å²) in [5, 5.41) is 12.6. The van der Waals surface area contributed by atoms with Crippen LogP contribution in [0.25, 0.3) is 0 Å². The molecule has 1 aliphatic rings. The molecule has 1 atom stereocenters. The van der Waals surface area contributed by atoms with Crippen LogP contribution >= 0.6 is 0 Å². The first kappa shape index (κ1) is 11.4. The van der Waals surface area contributed by atoms with Gasteiger partial charge in [0.15, 0.2) is 0 Å². The van der Waals surface area contributed by atoms with Crippen molar-refractivity contribution in [2.75, 3.05) is 19.8 Å². The summed E-state index contributed by atoms with van der Waals surface area (Å²) in [5.74, 6) is 0.338. The van der Waals surface area contributed by atoms with Crippen LogP contribution in [0.15, 0.2) is 24.3 Å². The van der Waals surface area contributed by atoms with Crippen molar-refractivity contribution in [1.29, 1.82) is 0 Å². The van der Waals surface area contributed by atoms with E-state index >= 15 is 0 Å². The molecule has 1 aromatic carbocycles. The standard InChI is InChI=1S/C13H19NO2/c15-13-5-3-11(4-6-13)2-1-8-14-12-7-9-16-10-12/h3-6,12,14-15H,1-2,7-10H2. The molecule has 1 aromatic rings. The zero-order valence-electron chi connectivity index (χ0n) is 9.48. The Balaban J connectivity index is 1.62. The minimum atomic E-state index is 0.338. The van der Waals surface area contributed by atoms with Crippen LogP contribution in [-0.4, -0.2) is 30.9 Å². The van der Waals surface area contributed by atoms with Crippen molar-refractivity contribution in [3.63, 3.8) is 0 Å². The zero-order chi connectivity index (χ0) is 11.2. The first-order valence-electron chi connectivity index (χ1n) is 5.93. The largest absolute Gasteiger partial charge is 0.508 e. The number of phenols is 1. The summed E-state index contributed by atoms with van der Waals surface area (Å²) >= 11 is 0. The molecule has 1 aliphatic heterocycles. The van der Waals surface area contributed by atoms with E-state index in [0.717, 1.165) is 39.0 Å². The SMILES string of the molecule is Oc1ccc(CCCNC2CCOC2)cc1. The van der Waals surface area contributed by atoms with Crippen LogP contribution in [0, 0.1) is 0 Å². The smallest absolute Gasteiger partial charge is 0.115 e. The maximum Gasteiger partial charge on any atom is 0.115 e. The molecule has 0 spiro atoms. The van der Waals surface area contributed by atoms with E-state index in [0.29, 0.717) is 11.8 Å². The Kier molecular flexibility index (Phi) is 4.19. The number of phenolic OH excluding ortho intramolecular Hbond substituents is 1. The van der Waals surface area contributed by atoms with Gasteiger partial charge in [0.05, 0.1) is 6.61 Å². The summed E-state index contributed by atoms with van der Waals surface area (Å²) in [7, 11) is 0. The Morgan fingerprint density at radius 1 is 1.31 bits per heavy atom. The predicted octanol–water partition coefficient (Wildman–Crippen LogP) is 1.70. The van der Waals surface area contributed by atoms with Crippen LogP contribution in [0.4, 0.5) is 0 Å². The van der Waals surface area contributed by atoms with Gasteiger partial charge in [0.1, 0.15) is 5.75 Å². The Hall–Kier alpha value is -1.06. The van der Waals surface area contributed by atoms with Crippen molar-refractivity contribution in [3.05, 3.63) is 29.8 Å². The summed E-state index contributed by atoms with van der Waals surface area (Å²) in [6, 6.07) is 8.00. The van der Waals surface area contributed by atoms with Gasteiger partial charge < -0.3 is 15.2 Å². The molecule has 0 radical (unpaired) electrons. The third-order valence-electron chi connectivity index (χ3n) is 2.94. The van der Waals surface area contributed by atoms with Gasteiger partial charge in [-0.05, 0) is 43.5 Å². The van der Waals surface area contributed by atoms with Gasteiger partial charge in [-0.1, -0.05) is 12.1 Å². The van der Waals surface area contributed by atoms with E-state index in [1.807, 2.05) is 12.1 Å². The summed E-state index contributed by atoms with van der Waals surface area (Å²) in [6.45, 7) is 2.80. The first-order chi connectivity index (χ1) is 7.84. The molecule has 2 N–H and O–H groups in total. The van der Waals surface area contributed by atoms with Gasteiger partial charge in [-0.2, -0.15) is 0 Å². The predicted molar refractivity (Wildman–Crippen MR) is 63.7 cm³/mol. The molecule has 2 rings (SSSR count). The Labute approximate surface area is 96.4 Å². The van der Waals surface area contributed by atoms with E-state index in [1.54, 1.807) is 12.1 Å². The Morgan fingerprint density at radius 2 is 2.12 bits per heavy atom. The van der Waals surface area contributed by atoms with E-state index in [2.05, 4.69) is 5.32 Å². The number of aryl methyl sites for hydroxylation is 1. The summed E-state index contributed by atoms with van der Waals surface area (Å²) in [5.41, 5.74) is 1.28. The van der Waals surface area contributed by atoms with Crippen molar-refractivity contribution >= 4 is 0 Å². The van der Waals surface area contributed by atoms with Crippen LogP contribution in [0.5, 0.6) is 5.75 Å². The van der Waals surface area contributed by atoms with Crippen LogP contribution in [0.1, 0.15) is 18.4 Å². The van der Waals surface area contributed by atoms with Gasteiger partial charge >= 0.3 is 0 Å². The number of ether oxygens (including phenoxy) is 1. The minimum absolute atomic E-state index is 0.338. The molecule has 1 heterocycles. The molecule has 16 heavy (non-hydrogen) atoms. The van der Waals surface area contributed by atoms with E-state index < -0.39 is 0 Å². The molecule has 0 amide bonds. The molecule has 88 valence electrons. The van der Waals surface area contributed by atoms with E-state index in [-0.39, 0.29) is 0 Å². The molecule has 1 unspecified atom stereocenters. The number of hydrogen-bond donors (Lipinski definition) is 2. The normalized spacial score (nSPS) is 20.1. The highest BCUT2D eigenvalue weighted by Gasteiger charge is 2.13. The highest BCUT2D eigenvalue weighted by Crippen LogP contribution is 2.11. The molecule has 0 saturated carbocycles. The topological polar surface area (TPSA) is 41.5 Å². The molecular weight excluding hydrogens is 202 g/mol. The lowest BCUT2D eigenvalue weighted by atomic mass is 10.1. The number of rotatable bonds is 5. The van der Waals surface area contributed by atoms with Gasteiger partial charge in [-0.25, -0.2) is 0 Å². The summed E-state index contributed by atoms with van der Waals surface area (Å²) in [4.78, 5) is 0. The molecule has 0 aromatic heterocycles. The van der Waals surface area contributed by atoms with Gasteiger partial charge in [0, 0.05) is 12.6 Å². The highest BCUT2D eigenvalue weighted by atomic mass is 16.5. The summed E-state index contributed by atoms with van der Waals surface area (Å²) in [6.07, 6.45) is 3.32. The fourth-order valence-corrected chi connectivity index (χ4v) is 1.96. The fraction of sp³-hybridized carbons (Fsp3) is 0.538. The molecule has 1 saturated heterocycles. The first-order valence-corrected chi connectivity index (χ1v) is 5.93. The fourth-order valence-electron chi connectivity index (χ4n) is 1.96. The van der Waals surface area contributed by atoms with E-state index in [4.69, 9.17) is 9.84 Å². The zero-order valence-corrected chi connectivity index (χ0v) is 9.48. The summed E-state index contributed by atoms with van der Waals surface area (Å²) < 4.78 is 5.30. The van der Waals surface area contributed by atoms with Crippen molar-refractivity contribution < 1.29 is 9.84 Å². The lowest BCUT2D eigenvalue weighted by Gasteiger charge is -2.09. The average Bonchev–Trinajstić information content (AvgIpc) is 2.80. The lowest BCUT2D eigenvalue weighted by Crippen LogP contribution is -2.30. The Morgan fingerprint density at radius 3 is 2.81 bits per heavy atom. The van der Waals surface area contributed by atoms with Gasteiger partial charge in [0.2, 0.25) is 0 Å². The molecule has 0 bridgehead atoms. The molecule has 0 aliphatic carbocycles.